The van der Waals surface area contributed by atoms with Crippen LogP contribution in [0.3, 0.4) is 0 Å². The largest absolute Gasteiger partial charge is 0.491 e. The number of rotatable bonds is 5. The second-order valence-corrected chi connectivity index (χ2v) is 3.40. The highest BCUT2D eigenvalue weighted by atomic mass is 35.5. The number of benzene rings is 1. The van der Waals surface area contributed by atoms with Crippen LogP contribution in [0.15, 0.2) is 24.3 Å². The van der Waals surface area contributed by atoms with Gasteiger partial charge in [-0.1, -0.05) is 12.1 Å². The van der Waals surface area contributed by atoms with E-state index in [4.69, 9.17) is 21.1 Å². The number of methoxy groups -OCH3 is 1. The first-order valence-electron chi connectivity index (χ1n) is 4.56. The highest BCUT2D eigenvalue weighted by molar-refractivity contribution is 6.17. The third kappa shape index (κ3) is 3.56. The van der Waals surface area contributed by atoms with E-state index >= 15 is 0 Å². The molecule has 1 aromatic rings. The summed E-state index contributed by atoms with van der Waals surface area (Å²) < 4.78 is 10.6. The van der Waals surface area contributed by atoms with Crippen molar-refractivity contribution < 1.29 is 9.47 Å². The van der Waals surface area contributed by atoms with Crippen molar-refractivity contribution in [3.8, 4) is 5.75 Å². The molecule has 1 aromatic carbocycles. The molecule has 0 aliphatic heterocycles. The molecule has 0 radical (unpaired) electrons. The van der Waals surface area contributed by atoms with Crippen molar-refractivity contribution in [2.75, 3.05) is 13.7 Å². The van der Waals surface area contributed by atoms with E-state index in [1.807, 2.05) is 31.2 Å². The van der Waals surface area contributed by atoms with Gasteiger partial charge in [0.05, 0.1) is 6.10 Å². The summed E-state index contributed by atoms with van der Waals surface area (Å²) in [6.07, 6.45) is 0.114. The van der Waals surface area contributed by atoms with Gasteiger partial charge in [0.1, 0.15) is 12.4 Å². The van der Waals surface area contributed by atoms with Gasteiger partial charge in [-0.15, -0.1) is 11.6 Å². The van der Waals surface area contributed by atoms with Crippen LogP contribution in [0.25, 0.3) is 0 Å². The summed E-state index contributed by atoms with van der Waals surface area (Å²) in [5.41, 5.74) is 1.10. The predicted octanol–water partition coefficient (Wildman–Crippen LogP) is 2.84. The van der Waals surface area contributed by atoms with Crippen molar-refractivity contribution in [1.82, 2.24) is 0 Å². The zero-order valence-corrected chi connectivity index (χ0v) is 9.25. The maximum Gasteiger partial charge on any atom is 0.119 e. The molecule has 0 aliphatic carbocycles. The normalized spacial score (nSPS) is 12.5. The molecule has 1 unspecified atom stereocenters. The first-order valence-corrected chi connectivity index (χ1v) is 5.10. The molecule has 0 spiro atoms. The number of alkyl halides is 1. The van der Waals surface area contributed by atoms with Crippen molar-refractivity contribution in [2.24, 2.45) is 0 Å². The maximum atomic E-state index is 5.67. The second kappa shape index (κ2) is 5.89. The Bertz CT molecular complexity index is 258. The summed E-state index contributed by atoms with van der Waals surface area (Å²) in [4.78, 5) is 0. The molecule has 0 bridgehead atoms. The van der Waals surface area contributed by atoms with Gasteiger partial charge in [-0.2, -0.15) is 0 Å². The van der Waals surface area contributed by atoms with Crippen molar-refractivity contribution in [3.05, 3.63) is 29.8 Å². The molecule has 0 fully saturated rings. The average Bonchev–Trinajstić information content (AvgIpc) is 2.26. The van der Waals surface area contributed by atoms with Crippen molar-refractivity contribution >= 4 is 11.6 Å². The van der Waals surface area contributed by atoms with Gasteiger partial charge in [-0.05, 0) is 24.6 Å². The van der Waals surface area contributed by atoms with Gasteiger partial charge in [-0.3, -0.25) is 0 Å². The zero-order valence-electron chi connectivity index (χ0n) is 8.50. The molecule has 0 aromatic heterocycles. The minimum Gasteiger partial charge on any atom is -0.491 e. The van der Waals surface area contributed by atoms with Gasteiger partial charge >= 0.3 is 0 Å². The van der Waals surface area contributed by atoms with E-state index in [9.17, 15) is 0 Å². The van der Waals surface area contributed by atoms with Gasteiger partial charge in [0.2, 0.25) is 0 Å². The van der Waals surface area contributed by atoms with E-state index in [0.717, 1.165) is 11.3 Å². The van der Waals surface area contributed by atoms with Crippen LogP contribution in [-0.2, 0) is 10.6 Å². The third-order valence-electron chi connectivity index (χ3n) is 1.96. The molecule has 3 heteroatoms. The zero-order chi connectivity index (χ0) is 10.4. The fraction of sp³-hybridized carbons (Fsp3) is 0.455. The smallest absolute Gasteiger partial charge is 0.119 e. The van der Waals surface area contributed by atoms with Crippen LogP contribution in [0.1, 0.15) is 12.5 Å². The van der Waals surface area contributed by atoms with Gasteiger partial charge in [-0.25, -0.2) is 0 Å². The first kappa shape index (κ1) is 11.3. The van der Waals surface area contributed by atoms with Crippen LogP contribution >= 0.6 is 11.6 Å². The summed E-state index contributed by atoms with van der Waals surface area (Å²) in [5, 5.41) is 0. The number of hydrogen-bond donors (Lipinski definition) is 0. The lowest BCUT2D eigenvalue weighted by molar-refractivity contribution is 0.0716. The van der Waals surface area contributed by atoms with Crippen LogP contribution in [-0.4, -0.2) is 19.8 Å². The number of hydrogen-bond acceptors (Lipinski definition) is 2. The van der Waals surface area contributed by atoms with Gasteiger partial charge in [0.25, 0.3) is 0 Å². The van der Waals surface area contributed by atoms with Gasteiger partial charge in [0.15, 0.2) is 0 Å². The SMILES string of the molecule is COC(C)COc1ccc(CCl)cc1. The minimum atomic E-state index is 0.114. The van der Waals surface area contributed by atoms with Crippen molar-refractivity contribution in [3.63, 3.8) is 0 Å². The highest BCUT2D eigenvalue weighted by Crippen LogP contribution is 2.13. The predicted molar refractivity (Wildman–Crippen MR) is 58.0 cm³/mol. The molecule has 0 saturated heterocycles. The number of halogens is 1. The summed E-state index contributed by atoms with van der Waals surface area (Å²) in [6, 6.07) is 7.75. The lowest BCUT2D eigenvalue weighted by Crippen LogP contribution is -2.15. The molecule has 0 aliphatic rings. The fourth-order valence-electron chi connectivity index (χ4n) is 0.956. The summed E-state index contributed by atoms with van der Waals surface area (Å²) in [5.74, 6) is 1.39. The Balaban J connectivity index is 2.43. The van der Waals surface area contributed by atoms with Crippen LogP contribution < -0.4 is 4.74 Å². The monoisotopic (exact) mass is 214 g/mol. The van der Waals surface area contributed by atoms with E-state index in [-0.39, 0.29) is 6.10 Å². The van der Waals surface area contributed by atoms with Crippen LogP contribution in [0, 0.1) is 0 Å². The molecule has 0 saturated carbocycles. The molecule has 0 amide bonds. The van der Waals surface area contributed by atoms with E-state index in [0.29, 0.717) is 12.5 Å². The Morgan fingerprint density at radius 1 is 1.29 bits per heavy atom. The molecule has 78 valence electrons. The lowest BCUT2D eigenvalue weighted by atomic mass is 10.2. The Kier molecular flexibility index (Phi) is 4.77. The molecule has 2 nitrogen and oxygen atoms in total. The van der Waals surface area contributed by atoms with Crippen LogP contribution in [0.2, 0.25) is 0 Å². The van der Waals surface area contributed by atoms with Crippen molar-refractivity contribution in [2.45, 2.75) is 18.9 Å². The molecule has 1 rings (SSSR count). The lowest BCUT2D eigenvalue weighted by Gasteiger charge is -2.11. The van der Waals surface area contributed by atoms with Gasteiger partial charge < -0.3 is 9.47 Å². The molecule has 14 heavy (non-hydrogen) atoms. The summed E-state index contributed by atoms with van der Waals surface area (Å²) >= 11 is 5.67. The fourth-order valence-corrected chi connectivity index (χ4v) is 1.13. The number of ether oxygens (including phenoxy) is 2. The second-order valence-electron chi connectivity index (χ2n) is 3.13. The van der Waals surface area contributed by atoms with Crippen molar-refractivity contribution in [1.29, 1.82) is 0 Å². The third-order valence-corrected chi connectivity index (χ3v) is 2.27. The Morgan fingerprint density at radius 3 is 2.43 bits per heavy atom. The first-order chi connectivity index (χ1) is 6.76. The molecule has 1 atom stereocenters. The Morgan fingerprint density at radius 2 is 1.93 bits per heavy atom. The maximum absolute atomic E-state index is 5.67. The standard InChI is InChI=1S/C11H15ClO2/c1-9(13-2)8-14-11-5-3-10(7-12)4-6-11/h3-6,9H,7-8H2,1-2H3. The summed E-state index contributed by atoms with van der Waals surface area (Å²) in [7, 11) is 1.67. The molecule has 0 N–H and O–H groups in total. The topological polar surface area (TPSA) is 18.5 Å². The van der Waals surface area contributed by atoms with Crippen LogP contribution in [0.4, 0.5) is 0 Å². The average molecular weight is 215 g/mol. The Labute approximate surface area is 89.8 Å². The van der Waals surface area contributed by atoms with Gasteiger partial charge in [0, 0.05) is 13.0 Å². The van der Waals surface area contributed by atoms with E-state index in [2.05, 4.69) is 0 Å². The van der Waals surface area contributed by atoms with E-state index < -0.39 is 0 Å². The minimum absolute atomic E-state index is 0.114. The quantitative estimate of drug-likeness (QED) is 0.702. The highest BCUT2D eigenvalue weighted by Gasteiger charge is 2.00. The van der Waals surface area contributed by atoms with E-state index in [1.165, 1.54) is 0 Å². The summed E-state index contributed by atoms with van der Waals surface area (Å²) in [6.45, 7) is 2.53. The molecular formula is C11H15ClO2. The van der Waals surface area contributed by atoms with Crippen LogP contribution in [0.5, 0.6) is 5.75 Å². The van der Waals surface area contributed by atoms with E-state index in [1.54, 1.807) is 7.11 Å². The molecular weight excluding hydrogens is 200 g/mol. The molecule has 0 heterocycles. The Hall–Kier alpha value is -0.730.